The predicted molar refractivity (Wildman–Crippen MR) is 72.1 cm³/mol. The molecule has 0 aliphatic heterocycles. The molecule has 3 heteroatoms. The van der Waals surface area contributed by atoms with Gasteiger partial charge in [0.05, 0.1) is 12.1 Å². The Morgan fingerprint density at radius 3 is 2.69 bits per heavy atom. The first-order valence-electron chi connectivity index (χ1n) is 5.61. The molecule has 2 nitrogen and oxygen atoms in total. The molecule has 1 aromatic carbocycles. The third-order valence-electron chi connectivity index (χ3n) is 2.66. The first-order chi connectivity index (χ1) is 7.67. The second-order valence-electron chi connectivity index (χ2n) is 3.81. The first kappa shape index (κ1) is 13.0. The molecule has 0 aliphatic carbocycles. The number of rotatable bonds is 6. The summed E-state index contributed by atoms with van der Waals surface area (Å²) in [7, 11) is 1.70. The Morgan fingerprint density at radius 1 is 1.38 bits per heavy atom. The van der Waals surface area contributed by atoms with Crippen LogP contribution in [-0.4, -0.2) is 12.1 Å². The van der Waals surface area contributed by atoms with Gasteiger partial charge in [-0.1, -0.05) is 25.2 Å². The number of hydrogen-bond acceptors (Lipinski definition) is 2. The van der Waals surface area contributed by atoms with Crippen molar-refractivity contribution in [2.24, 2.45) is 5.73 Å². The maximum atomic E-state index is 5.48. The lowest BCUT2D eigenvalue weighted by molar-refractivity contribution is 0.414. The molecule has 0 heterocycles. The van der Waals surface area contributed by atoms with Crippen LogP contribution in [-0.2, 0) is 12.8 Å². The van der Waals surface area contributed by atoms with Gasteiger partial charge in [0.15, 0.2) is 0 Å². The van der Waals surface area contributed by atoms with Crippen molar-refractivity contribution >= 4 is 17.2 Å². The highest BCUT2D eigenvalue weighted by atomic mass is 32.1. The second-order valence-corrected chi connectivity index (χ2v) is 4.33. The van der Waals surface area contributed by atoms with Crippen LogP contribution in [0.15, 0.2) is 18.2 Å². The summed E-state index contributed by atoms with van der Waals surface area (Å²) >= 11 is 4.87. The summed E-state index contributed by atoms with van der Waals surface area (Å²) in [4.78, 5) is 0.603. The van der Waals surface area contributed by atoms with Gasteiger partial charge in [0.1, 0.15) is 5.75 Å². The quantitative estimate of drug-likeness (QED) is 0.773. The summed E-state index contributed by atoms with van der Waals surface area (Å²) in [6.45, 7) is 2.16. The van der Waals surface area contributed by atoms with E-state index in [4.69, 9.17) is 22.7 Å². The maximum Gasteiger partial charge on any atom is 0.119 e. The van der Waals surface area contributed by atoms with Crippen molar-refractivity contribution in [3.63, 3.8) is 0 Å². The maximum absolute atomic E-state index is 5.48. The van der Waals surface area contributed by atoms with E-state index < -0.39 is 0 Å². The molecule has 0 bridgehead atoms. The van der Waals surface area contributed by atoms with Crippen LogP contribution in [0.2, 0.25) is 0 Å². The molecule has 0 unspecified atom stereocenters. The Morgan fingerprint density at radius 2 is 2.12 bits per heavy atom. The van der Waals surface area contributed by atoms with Gasteiger partial charge in [-0.05, 0) is 48.9 Å². The minimum absolute atomic E-state index is 0.603. The molecular formula is C13H19NOS. The number of aryl methyl sites for hydroxylation is 2. The average Bonchev–Trinajstić information content (AvgIpc) is 2.29. The van der Waals surface area contributed by atoms with Gasteiger partial charge in [-0.2, -0.15) is 0 Å². The van der Waals surface area contributed by atoms with Gasteiger partial charge in [-0.25, -0.2) is 0 Å². The topological polar surface area (TPSA) is 35.2 Å². The smallest absolute Gasteiger partial charge is 0.119 e. The van der Waals surface area contributed by atoms with E-state index in [-0.39, 0.29) is 0 Å². The molecule has 1 aromatic rings. The van der Waals surface area contributed by atoms with Crippen molar-refractivity contribution in [1.29, 1.82) is 0 Å². The standard InChI is InChI=1S/C13H19NOS/c1-3-10-9-12(15-2)8-7-11(10)5-4-6-13(14)16/h7-9H,3-6H2,1-2H3,(H2,14,16). The van der Waals surface area contributed by atoms with Crippen molar-refractivity contribution < 1.29 is 4.74 Å². The molecule has 0 aromatic heterocycles. The van der Waals surface area contributed by atoms with Gasteiger partial charge in [0.2, 0.25) is 0 Å². The van der Waals surface area contributed by atoms with Gasteiger partial charge in [-0.3, -0.25) is 0 Å². The zero-order valence-electron chi connectivity index (χ0n) is 9.95. The van der Waals surface area contributed by atoms with Crippen molar-refractivity contribution in [3.05, 3.63) is 29.3 Å². The number of methoxy groups -OCH3 is 1. The van der Waals surface area contributed by atoms with Crippen LogP contribution in [0.1, 0.15) is 30.9 Å². The van der Waals surface area contributed by atoms with E-state index in [1.165, 1.54) is 11.1 Å². The second kappa shape index (κ2) is 6.48. The average molecular weight is 237 g/mol. The van der Waals surface area contributed by atoms with Gasteiger partial charge >= 0.3 is 0 Å². The van der Waals surface area contributed by atoms with Gasteiger partial charge in [0.25, 0.3) is 0 Å². The number of hydrogen-bond donors (Lipinski definition) is 1. The summed E-state index contributed by atoms with van der Waals surface area (Å²) in [6, 6.07) is 6.25. The Labute approximate surface area is 103 Å². The van der Waals surface area contributed by atoms with E-state index in [0.29, 0.717) is 4.99 Å². The SMILES string of the molecule is CCc1cc(OC)ccc1CCCC(N)=S. The molecular weight excluding hydrogens is 218 g/mol. The molecule has 2 N–H and O–H groups in total. The zero-order chi connectivity index (χ0) is 12.0. The molecule has 0 fully saturated rings. The lowest BCUT2D eigenvalue weighted by atomic mass is 10.00. The highest BCUT2D eigenvalue weighted by molar-refractivity contribution is 7.80. The van der Waals surface area contributed by atoms with E-state index in [9.17, 15) is 0 Å². The van der Waals surface area contributed by atoms with Crippen molar-refractivity contribution in [3.8, 4) is 5.75 Å². The molecule has 0 saturated heterocycles. The van der Waals surface area contributed by atoms with Crippen LogP contribution < -0.4 is 10.5 Å². The van der Waals surface area contributed by atoms with Crippen LogP contribution in [0.25, 0.3) is 0 Å². The van der Waals surface area contributed by atoms with Gasteiger partial charge in [-0.15, -0.1) is 0 Å². The first-order valence-corrected chi connectivity index (χ1v) is 6.02. The molecule has 0 atom stereocenters. The third kappa shape index (κ3) is 3.81. The van der Waals surface area contributed by atoms with Crippen LogP contribution in [0.3, 0.4) is 0 Å². The fraction of sp³-hybridized carbons (Fsp3) is 0.462. The summed E-state index contributed by atoms with van der Waals surface area (Å²) in [5, 5.41) is 0. The number of nitrogens with two attached hydrogens (primary N) is 1. The van der Waals surface area contributed by atoms with Crippen LogP contribution >= 0.6 is 12.2 Å². The zero-order valence-corrected chi connectivity index (χ0v) is 10.8. The molecule has 0 saturated carbocycles. The molecule has 88 valence electrons. The Kier molecular flexibility index (Phi) is 5.26. The lowest BCUT2D eigenvalue weighted by Crippen LogP contribution is -2.07. The Balaban J connectivity index is 2.68. The van der Waals surface area contributed by atoms with Crippen molar-refractivity contribution in [2.45, 2.75) is 32.6 Å². The summed E-state index contributed by atoms with van der Waals surface area (Å²) < 4.78 is 5.21. The molecule has 0 radical (unpaired) electrons. The van der Waals surface area contributed by atoms with E-state index in [1.807, 2.05) is 6.07 Å². The van der Waals surface area contributed by atoms with E-state index >= 15 is 0 Å². The minimum atomic E-state index is 0.603. The summed E-state index contributed by atoms with van der Waals surface area (Å²) in [5.41, 5.74) is 8.21. The molecule has 1 rings (SSSR count). The van der Waals surface area contributed by atoms with Gasteiger partial charge < -0.3 is 10.5 Å². The van der Waals surface area contributed by atoms with E-state index in [0.717, 1.165) is 31.4 Å². The highest BCUT2D eigenvalue weighted by Gasteiger charge is 2.03. The minimum Gasteiger partial charge on any atom is -0.497 e. The highest BCUT2D eigenvalue weighted by Crippen LogP contribution is 2.19. The Hall–Kier alpha value is -1.09. The van der Waals surface area contributed by atoms with E-state index in [2.05, 4.69) is 19.1 Å². The fourth-order valence-corrected chi connectivity index (χ4v) is 1.90. The summed E-state index contributed by atoms with van der Waals surface area (Å²) in [5.74, 6) is 0.926. The molecule has 0 spiro atoms. The summed E-state index contributed by atoms with van der Waals surface area (Å²) in [6.07, 6.45) is 3.91. The largest absolute Gasteiger partial charge is 0.497 e. The van der Waals surface area contributed by atoms with E-state index in [1.54, 1.807) is 7.11 Å². The molecule has 16 heavy (non-hydrogen) atoms. The van der Waals surface area contributed by atoms with Gasteiger partial charge in [0, 0.05) is 0 Å². The van der Waals surface area contributed by atoms with Crippen molar-refractivity contribution in [1.82, 2.24) is 0 Å². The van der Waals surface area contributed by atoms with Crippen LogP contribution in [0.5, 0.6) is 5.75 Å². The van der Waals surface area contributed by atoms with Crippen LogP contribution in [0, 0.1) is 0 Å². The number of ether oxygens (including phenoxy) is 1. The molecule has 0 aliphatic rings. The monoisotopic (exact) mass is 237 g/mol. The Bertz CT molecular complexity index is 363. The lowest BCUT2D eigenvalue weighted by Gasteiger charge is -2.09. The van der Waals surface area contributed by atoms with Crippen LogP contribution in [0.4, 0.5) is 0 Å². The normalized spacial score (nSPS) is 10.1. The molecule has 0 amide bonds. The fourth-order valence-electron chi connectivity index (χ4n) is 1.76. The van der Waals surface area contributed by atoms with Crippen molar-refractivity contribution in [2.75, 3.05) is 7.11 Å². The predicted octanol–water partition coefficient (Wildman–Crippen LogP) is 2.87. The third-order valence-corrected chi connectivity index (χ3v) is 2.87. The number of thiocarbonyl (C=S) groups is 1. The number of benzene rings is 1.